The van der Waals surface area contributed by atoms with Crippen LogP contribution < -0.4 is 10.2 Å². The lowest BCUT2D eigenvalue weighted by atomic mass is 9.95. The van der Waals surface area contributed by atoms with Gasteiger partial charge in [-0.2, -0.15) is 5.06 Å². The summed E-state index contributed by atoms with van der Waals surface area (Å²) in [6.45, 7) is 4.19. The van der Waals surface area contributed by atoms with Crippen molar-refractivity contribution >= 4 is 46.6 Å². The van der Waals surface area contributed by atoms with Crippen molar-refractivity contribution in [3.05, 3.63) is 70.2 Å². The Bertz CT molecular complexity index is 1140. The Labute approximate surface area is 215 Å². The molecule has 0 spiro atoms. The maximum atomic E-state index is 13.7. The average molecular weight is 517 g/mol. The molecule has 9 heteroatoms. The Balaban J connectivity index is 1.64. The van der Waals surface area contributed by atoms with E-state index in [1.54, 1.807) is 53.4 Å². The first-order chi connectivity index (χ1) is 16.7. The number of anilines is 2. The van der Waals surface area contributed by atoms with E-state index in [1.807, 2.05) is 13.8 Å². The van der Waals surface area contributed by atoms with Crippen molar-refractivity contribution in [2.75, 3.05) is 16.8 Å². The van der Waals surface area contributed by atoms with Crippen LogP contribution in [0, 0.1) is 0 Å². The van der Waals surface area contributed by atoms with Crippen molar-refractivity contribution in [1.29, 1.82) is 0 Å². The quantitative estimate of drug-likeness (QED) is 0.243. The number of nitrogens with one attached hydrogen (secondary N) is 1. The molecule has 2 aromatic rings. The van der Waals surface area contributed by atoms with Crippen LogP contribution in [0.2, 0.25) is 10.0 Å². The van der Waals surface area contributed by atoms with Gasteiger partial charge in [0.15, 0.2) is 6.17 Å². The standard InChI is InChI=1S/C26H30Cl2N4O3/c1-26(2)23(32(35)24(33)29-21-12-6-10-19(27)16-21)31(22-13-7-11-20(28)17-22)25(34)30(26)15-14-18-8-4-3-5-9-18/h6-8,10-13,16-17,23,35H,3-5,9,14-15H2,1-2H3,(H,29,33)/t23-/m1/s1. The minimum Gasteiger partial charge on any atom is -0.315 e. The van der Waals surface area contributed by atoms with E-state index >= 15 is 0 Å². The second-order valence-electron chi connectivity index (χ2n) is 9.45. The summed E-state index contributed by atoms with van der Waals surface area (Å²) in [5.74, 6) is 0. The summed E-state index contributed by atoms with van der Waals surface area (Å²) < 4.78 is 0. The van der Waals surface area contributed by atoms with Gasteiger partial charge in [-0.1, -0.05) is 47.0 Å². The summed E-state index contributed by atoms with van der Waals surface area (Å²) in [6.07, 6.45) is 6.48. The zero-order valence-electron chi connectivity index (χ0n) is 19.9. The lowest BCUT2D eigenvalue weighted by molar-refractivity contribution is -0.0947. The number of amides is 4. The maximum absolute atomic E-state index is 13.7. The van der Waals surface area contributed by atoms with Gasteiger partial charge >= 0.3 is 12.1 Å². The first kappa shape index (κ1) is 25.4. The molecule has 4 amide bonds. The number of benzene rings is 2. The molecule has 186 valence electrons. The first-order valence-electron chi connectivity index (χ1n) is 11.8. The lowest BCUT2D eigenvalue weighted by Crippen LogP contribution is -2.58. The van der Waals surface area contributed by atoms with Crippen LogP contribution in [0.5, 0.6) is 0 Å². The SMILES string of the molecule is CC1(C)[C@@H](N(O)C(=O)Nc2cccc(Cl)c2)N(c2cccc(Cl)c2)C(=O)N1CCC1=CCCCC1. The van der Waals surface area contributed by atoms with Gasteiger partial charge in [0.2, 0.25) is 0 Å². The molecule has 2 aromatic carbocycles. The van der Waals surface area contributed by atoms with Gasteiger partial charge in [0.05, 0.1) is 5.54 Å². The van der Waals surface area contributed by atoms with Crippen LogP contribution in [0.15, 0.2) is 60.2 Å². The maximum Gasteiger partial charge on any atom is 0.347 e. The van der Waals surface area contributed by atoms with Gasteiger partial charge in [-0.15, -0.1) is 0 Å². The van der Waals surface area contributed by atoms with Crippen LogP contribution in [0.25, 0.3) is 0 Å². The summed E-state index contributed by atoms with van der Waals surface area (Å²) in [5.41, 5.74) is 1.36. The molecule has 0 saturated carbocycles. The fourth-order valence-electron chi connectivity index (χ4n) is 4.85. The van der Waals surface area contributed by atoms with Crippen molar-refractivity contribution in [1.82, 2.24) is 9.96 Å². The molecule has 7 nitrogen and oxygen atoms in total. The van der Waals surface area contributed by atoms with Crippen LogP contribution in [-0.4, -0.2) is 45.5 Å². The number of hydrogen-bond donors (Lipinski definition) is 2. The fourth-order valence-corrected chi connectivity index (χ4v) is 5.23. The zero-order chi connectivity index (χ0) is 25.2. The van der Waals surface area contributed by atoms with Crippen molar-refractivity contribution < 1.29 is 14.8 Å². The number of halogens is 2. The third-order valence-electron chi connectivity index (χ3n) is 6.65. The zero-order valence-corrected chi connectivity index (χ0v) is 21.4. The van der Waals surface area contributed by atoms with Crippen molar-refractivity contribution in [3.8, 4) is 0 Å². The lowest BCUT2D eigenvalue weighted by Gasteiger charge is -2.38. The average Bonchev–Trinajstić information content (AvgIpc) is 3.02. The predicted octanol–water partition coefficient (Wildman–Crippen LogP) is 7.15. The van der Waals surface area contributed by atoms with E-state index in [0.717, 1.165) is 25.7 Å². The molecule has 0 bridgehead atoms. The molecule has 1 heterocycles. The van der Waals surface area contributed by atoms with E-state index in [2.05, 4.69) is 11.4 Å². The van der Waals surface area contributed by atoms with E-state index in [4.69, 9.17) is 23.2 Å². The Morgan fingerprint density at radius 3 is 2.51 bits per heavy atom. The van der Waals surface area contributed by atoms with Gasteiger partial charge in [-0.3, -0.25) is 10.1 Å². The predicted molar refractivity (Wildman–Crippen MR) is 139 cm³/mol. The molecular weight excluding hydrogens is 487 g/mol. The van der Waals surface area contributed by atoms with Gasteiger partial charge in [0.25, 0.3) is 0 Å². The summed E-state index contributed by atoms with van der Waals surface area (Å²) in [7, 11) is 0. The van der Waals surface area contributed by atoms with Crippen LogP contribution in [0.4, 0.5) is 21.0 Å². The minimum absolute atomic E-state index is 0.298. The monoisotopic (exact) mass is 516 g/mol. The highest BCUT2D eigenvalue weighted by Gasteiger charge is 2.55. The molecule has 2 N–H and O–H groups in total. The van der Waals surface area contributed by atoms with Gasteiger partial charge in [0, 0.05) is 28.0 Å². The Morgan fingerprint density at radius 2 is 1.86 bits per heavy atom. The van der Waals surface area contributed by atoms with Crippen LogP contribution in [0.3, 0.4) is 0 Å². The highest BCUT2D eigenvalue weighted by molar-refractivity contribution is 6.31. The number of carbonyl (C=O) groups is 2. The first-order valence-corrected chi connectivity index (χ1v) is 12.5. The van der Waals surface area contributed by atoms with Gasteiger partial charge in [0.1, 0.15) is 0 Å². The number of hydrogen-bond acceptors (Lipinski definition) is 3. The van der Waals surface area contributed by atoms with Crippen LogP contribution in [-0.2, 0) is 0 Å². The van der Waals surface area contributed by atoms with Crippen molar-refractivity contribution in [2.45, 2.75) is 57.7 Å². The molecule has 0 aromatic heterocycles. The number of urea groups is 2. The third kappa shape index (κ3) is 5.42. The summed E-state index contributed by atoms with van der Waals surface area (Å²) in [4.78, 5) is 30.0. The molecule has 0 unspecified atom stereocenters. The second-order valence-corrected chi connectivity index (χ2v) is 10.3. The van der Waals surface area contributed by atoms with Gasteiger partial charge < -0.3 is 10.2 Å². The Hall–Kier alpha value is -2.74. The van der Waals surface area contributed by atoms with E-state index in [0.29, 0.717) is 33.0 Å². The number of nitrogens with zero attached hydrogens (tertiary/aromatic N) is 3. The fraction of sp³-hybridized carbons (Fsp3) is 0.385. The molecule has 0 radical (unpaired) electrons. The molecule has 35 heavy (non-hydrogen) atoms. The van der Waals surface area contributed by atoms with E-state index in [-0.39, 0.29) is 6.03 Å². The molecular formula is C26H30Cl2N4O3. The smallest absolute Gasteiger partial charge is 0.315 e. The molecule has 1 fully saturated rings. The number of allylic oxidation sites excluding steroid dienone is 1. The Kier molecular flexibility index (Phi) is 7.59. The van der Waals surface area contributed by atoms with Gasteiger partial charge in [-0.05, 0) is 82.3 Å². The van der Waals surface area contributed by atoms with E-state index < -0.39 is 17.7 Å². The number of carbonyl (C=O) groups excluding carboxylic acids is 2. The van der Waals surface area contributed by atoms with Crippen LogP contribution in [0.1, 0.15) is 46.0 Å². The summed E-state index contributed by atoms with van der Waals surface area (Å²) in [6, 6.07) is 12.4. The second kappa shape index (κ2) is 10.5. The summed E-state index contributed by atoms with van der Waals surface area (Å²) >= 11 is 12.3. The highest BCUT2D eigenvalue weighted by atomic mass is 35.5. The number of rotatable bonds is 6. The minimum atomic E-state index is -1.01. The number of hydroxylamine groups is 2. The largest absolute Gasteiger partial charge is 0.347 e. The van der Waals surface area contributed by atoms with Gasteiger partial charge in [-0.25, -0.2) is 9.59 Å². The molecule has 1 aliphatic carbocycles. The van der Waals surface area contributed by atoms with Crippen molar-refractivity contribution in [3.63, 3.8) is 0 Å². The molecule has 4 rings (SSSR count). The summed E-state index contributed by atoms with van der Waals surface area (Å²) in [5, 5.41) is 15.3. The van der Waals surface area contributed by atoms with Crippen molar-refractivity contribution in [2.24, 2.45) is 0 Å². The normalized spacial score (nSPS) is 19.5. The molecule has 1 atom stereocenters. The molecule has 1 saturated heterocycles. The van der Waals surface area contributed by atoms with E-state index in [1.165, 1.54) is 16.9 Å². The molecule has 2 aliphatic rings. The van der Waals surface area contributed by atoms with E-state index in [9.17, 15) is 14.8 Å². The third-order valence-corrected chi connectivity index (χ3v) is 7.12. The topological polar surface area (TPSA) is 76.1 Å². The van der Waals surface area contributed by atoms with Crippen LogP contribution >= 0.6 is 23.2 Å². The Morgan fingerprint density at radius 1 is 1.14 bits per heavy atom. The highest BCUT2D eigenvalue weighted by Crippen LogP contribution is 2.39. The molecule has 1 aliphatic heterocycles.